The molecule has 1 aliphatic carbocycles. The van der Waals surface area contributed by atoms with Crippen LogP contribution in [-0.2, 0) is 9.59 Å². The molecule has 1 saturated carbocycles. The van der Waals surface area contributed by atoms with E-state index in [1.807, 2.05) is 13.8 Å². The van der Waals surface area contributed by atoms with Crippen LogP contribution < -0.4 is 5.32 Å². The Labute approximate surface area is 116 Å². The average Bonchev–Trinajstić information content (AvgIpc) is 2.36. The number of aliphatic carboxylic acids is 1. The van der Waals surface area contributed by atoms with Gasteiger partial charge in [-0.2, -0.15) is 0 Å². The molecular formula is C15H27NO3. The monoisotopic (exact) mass is 269 g/mol. The van der Waals surface area contributed by atoms with Gasteiger partial charge in [0.15, 0.2) is 0 Å². The van der Waals surface area contributed by atoms with Gasteiger partial charge in [0.2, 0.25) is 5.91 Å². The predicted octanol–water partition coefficient (Wildman–Crippen LogP) is 2.82. The predicted molar refractivity (Wildman–Crippen MR) is 74.8 cm³/mol. The minimum absolute atomic E-state index is 0.00926. The molecule has 1 rings (SSSR count). The highest BCUT2D eigenvalue weighted by Gasteiger charge is 2.42. The van der Waals surface area contributed by atoms with Gasteiger partial charge in [0.1, 0.15) is 0 Å². The number of rotatable bonds is 5. The SMILES string of the molecule is CCC(C)C(C)C(=O)NC1(C)CCCCC1C(=O)O. The lowest BCUT2D eigenvalue weighted by atomic mass is 9.73. The second-order valence-electron chi connectivity index (χ2n) is 6.22. The van der Waals surface area contributed by atoms with Crippen LogP contribution in [-0.4, -0.2) is 22.5 Å². The van der Waals surface area contributed by atoms with Gasteiger partial charge < -0.3 is 10.4 Å². The third kappa shape index (κ3) is 3.71. The van der Waals surface area contributed by atoms with E-state index < -0.39 is 17.4 Å². The molecule has 0 aromatic rings. The summed E-state index contributed by atoms with van der Waals surface area (Å²) in [4.78, 5) is 23.6. The lowest BCUT2D eigenvalue weighted by Gasteiger charge is -2.40. The Kier molecular flexibility index (Phi) is 5.39. The highest BCUT2D eigenvalue weighted by molar-refractivity contribution is 5.81. The summed E-state index contributed by atoms with van der Waals surface area (Å²) in [5.41, 5.74) is -0.594. The van der Waals surface area contributed by atoms with Crippen molar-refractivity contribution in [2.24, 2.45) is 17.8 Å². The van der Waals surface area contributed by atoms with Gasteiger partial charge in [-0.1, -0.05) is 40.0 Å². The van der Waals surface area contributed by atoms with E-state index in [-0.39, 0.29) is 11.8 Å². The second kappa shape index (κ2) is 6.40. The van der Waals surface area contributed by atoms with Crippen LogP contribution in [0.4, 0.5) is 0 Å². The summed E-state index contributed by atoms with van der Waals surface area (Å²) in [6, 6.07) is 0. The van der Waals surface area contributed by atoms with Crippen LogP contribution in [0.5, 0.6) is 0 Å². The third-order valence-corrected chi connectivity index (χ3v) is 4.83. The summed E-state index contributed by atoms with van der Waals surface area (Å²) in [6.07, 6.45) is 4.28. The lowest BCUT2D eigenvalue weighted by molar-refractivity contribution is -0.147. The number of hydrogen-bond donors (Lipinski definition) is 2. The van der Waals surface area contributed by atoms with Crippen molar-refractivity contribution in [3.63, 3.8) is 0 Å². The van der Waals surface area contributed by atoms with Crippen LogP contribution in [0.2, 0.25) is 0 Å². The van der Waals surface area contributed by atoms with Crippen molar-refractivity contribution < 1.29 is 14.7 Å². The van der Waals surface area contributed by atoms with E-state index >= 15 is 0 Å². The Bertz CT molecular complexity index is 342. The zero-order chi connectivity index (χ0) is 14.6. The van der Waals surface area contributed by atoms with Crippen molar-refractivity contribution >= 4 is 11.9 Å². The van der Waals surface area contributed by atoms with E-state index in [0.717, 1.165) is 25.7 Å². The highest BCUT2D eigenvalue weighted by atomic mass is 16.4. The number of carbonyl (C=O) groups is 2. The molecule has 0 bridgehead atoms. The number of carbonyl (C=O) groups excluding carboxylic acids is 1. The van der Waals surface area contributed by atoms with Crippen molar-refractivity contribution in [3.05, 3.63) is 0 Å². The Morgan fingerprint density at radius 3 is 2.53 bits per heavy atom. The van der Waals surface area contributed by atoms with E-state index in [9.17, 15) is 14.7 Å². The summed E-state index contributed by atoms with van der Waals surface area (Å²) in [5, 5.41) is 12.4. The number of carboxylic acid groups (broad SMARTS) is 1. The van der Waals surface area contributed by atoms with Crippen molar-refractivity contribution in [1.82, 2.24) is 5.32 Å². The molecule has 4 unspecified atom stereocenters. The average molecular weight is 269 g/mol. The van der Waals surface area contributed by atoms with Gasteiger partial charge in [0.05, 0.1) is 11.5 Å². The molecule has 0 heterocycles. The van der Waals surface area contributed by atoms with Crippen molar-refractivity contribution in [1.29, 1.82) is 0 Å². The molecular weight excluding hydrogens is 242 g/mol. The normalized spacial score (nSPS) is 30.4. The van der Waals surface area contributed by atoms with Crippen LogP contribution >= 0.6 is 0 Å². The zero-order valence-corrected chi connectivity index (χ0v) is 12.5. The largest absolute Gasteiger partial charge is 0.481 e. The van der Waals surface area contributed by atoms with Crippen molar-refractivity contribution in [3.8, 4) is 0 Å². The van der Waals surface area contributed by atoms with Gasteiger partial charge >= 0.3 is 5.97 Å². The Morgan fingerprint density at radius 1 is 1.37 bits per heavy atom. The molecule has 19 heavy (non-hydrogen) atoms. The number of nitrogens with one attached hydrogen (secondary N) is 1. The fourth-order valence-electron chi connectivity index (χ4n) is 2.89. The molecule has 110 valence electrons. The molecule has 0 radical (unpaired) electrons. The first-order valence-corrected chi connectivity index (χ1v) is 7.36. The molecule has 1 amide bonds. The van der Waals surface area contributed by atoms with Crippen LogP contribution in [0.25, 0.3) is 0 Å². The molecule has 1 fully saturated rings. The molecule has 0 aromatic heterocycles. The zero-order valence-electron chi connectivity index (χ0n) is 12.5. The van der Waals surface area contributed by atoms with Crippen LogP contribution in [0, 0.1) is 17.8 Å². The topological polar surface area (TPSA) is 66.4 Å². The van der Waals surface area contributed by atoms with Gasteiger partial charge in [-0.25, -0.2) is 0 Å². The third-order valence-electron chi connectivity index (χ3n) is 4.83. The summed E-state index contributed by atoms with van der Waals surface area (Å²) in [7, 11) is 0. The summed E-state index contributed by atoms with van der Waals surface area (Å²) in [6.45, 7) is 7.93. The van der Waals surface area contributed by atoms with Gasteiger partial charge in [0, 0.05) is 5.92 Å². The molecule has 0 saturated heterocycles. The van der Waals surface area contributed by atoms with Crippen molar-refractivity contribution in [2.75, 3.05) is 0 Å². The van der Waals surface area contributed by atoms with E-state index in [0.29, 0.717) is 12.3 Å². The molecule has 4 nitrogen and oxygen atoms in total. The number of amides is 1. The number of carboxylic acids is 1. The minimum Gasteiger partial charge on any atom is -0.481 e. The molecule has 4 atom stereocenters. The lowest BCUT2D eigenvalue weighted by Crippen LogP contribution is -2.56. The van der Waals surface area contributed by atoms with Gasteiger partial charge in [-0.05, 0) is 25.7 Å². The van der Waals surface area contributed by atoms with Gasteiger partial charge in [-0.3, -0.25) is 9.59 Å². The fourth-order valence-corrected chi connectivity index (χ4v) is 2.89. The fraction of sp³-hybridized carbons (Fsp3) is 0.867. The summed E-state index contributed by atoms with van der Waals surface area (Å²) in [5.74, 6) is -1.02. The number of hydrogen-bond acceptors (Lipinski definition) is 2. The highest BCUT2D eigenvalue weighted by Crippen LogP contribution is 2.34. The second-order valence-corrected chi connectivity index (χ2v) is 6.22. The van der Waals surface area contributed by atoms with E-state index in [4.69, 9.17) is 0 Å². The molecule has 0 aliphatic heterocycles. The quantitative estimate of drug-likeness (QED) is 0.806. The van der Waals surface area contributed by atoms with E-state index in [1.165, 1.54) is 0 Å². The van der Waals surface area contributed by atoms with Crippen LogP contribution in [0.1, 0.15) is 59.8 Å². The maximum absolute atomic E-state index is 12.3. The Morgan fingerprint density at radius 2 is 2.00 bits per heavy atom. The first-order valence-electron chi connectivity index (χ1n) is 7.36. The van der Waals surface area contributed by atoms with Gasteiger partial charge in [-0.15, -0.1) is 0 Å². The molecule has 2 N–H and O–H groups in total. The minimum atomic E-state index is -0.793. The molecule has 4 heteroatoms. The molecule has 0 spiro atoms. The molecule has 0 aromatic carbocycles. The maximum Gasteiger partial charge on any atom is 0.308 e. The molecule has 1 aliphatic rings. The Hall–Kier alpha value is -1.06. The Balaban J connectivity index is 2.76. The van der Waals surface area contributed by atoms with E-state index in [1.54, 1.807) is 0 Å². The maximum atomic E-state index is 12.3. The summed E-state index contributed by atoms with van der Waals surface area (Å²) >= 11 is 0. The standard InChI is InChI=1S/C15H27NO3/c1-5-10(2)11(3)13(17)16-15(4)9-7-6-8-12(15)14(18)19/h10-12H,5-9H2,1-4H3,(H,16,17)(H,18,19). The van der Waals surface area contributed by atoms with Crippen molar-refractivity contribution in [2.45, 2.75) is 65.3 Å². The first kappa shape index (κ1) is 16.0. The first-order chi connectivity index (χ1) is 8.81. The van der Waals surface area contributed by atoms with Crippen LogP contribution in [0.3, 0.4) is 0 Å². The smallest absolute Gasteiger partial charge is 0.308 e. The van der Waals surface area contributed by atoms with Gasteiger partial charge in [0.25, 0.3) is 0 Å². The van der Waals surface area contributed by atoms with E-state index in [2.05, 4.69) is 19.2 Å². The van der Waals surface area contributed by atoms with Crippen LogP contribution in [0.15, 0.2) is 0 Å². The summed E-state index contributed by atoms with van der Waals surface area (Å²) < 4.78 is 0.